The fraction of sp³-hybridized carbons (Fsp3) is 0.133. The van der Waals surface area contributed by atoms with Gasteiger partial charge in [-0.2, -0.15) is 0 Å². The lowest BCUT2D eigenvalue weighted by Crippen LogP contribution is -2.01. The normalized spacial score (nSPS) is 11.1. The molecule has 1 heterocycles. The Morgan fingerprint density at radius 1 is 1.21 bits per heavy atom. The molecule has 0 radical (unpaired) electrons. The second kappa shape index (κ2) is 4.02. The summed E-state index contributed by atoms with van der Waals surface area (Å²) in [4.78, 5) is 12.0. The zero-order chi connectivity index (χ0) is 13.6. The number of aryl methyl sites for hydroxylation is 1. The Balaban J connectivity index is 2.68. The molecule has 19 heavy (non-hydrogen) atoms. The topological polar surface area (TPSA) is 59.7 Å². The third-order valence-corrected chi connectivity index (χ3v) is 3.20. The molecule has 0 saturated heterocycles. The van der Waals surface area contributed by atoms with Crippen molar-refractivity contribution in [3.05, 3.63) is 46.3 Å². The summed E-state index contributed by atoms with van der Waals surface area (Å²) in [5.74, 6) is 0.687. The van der Waals surface area contributed by atoms with Crippen molar-refractivity contribution in [2.75, 3.05) is 7.11 Å². The highest BCUT2D eigenvalue weighted by Crippen LogP contribution is 2.34. The van der Waals surface area contributed by atoms with Crippen molar-refractivity contribution in [2.24, 2.45) is 0 Å². The van der Waals surface area contributed by atoms with Gasteiger partial charge in [0.15, 0.2) is 0 Å². The lowest BCUT2D eigenvalue weighted by molar-refractivity contribution is 0.419. The lowest BCUT2D eigenvalue weighted by Gasteiger charge is -2.09. The van der Waals surface area contributed by atoms with Gasteiger partial charge in [0.05, 0.1) is 12.5 Å². The van der Waals surface area contributed by atoms with E-state index in [0.29, 0.717) is 22.1 Å². The van der Waals surface area contributed by atoms with Gasteiger partial charge in [-0.3, -0.25) is 0 Å². The molecule has 0 aliphatic carbocycles. The lowest BCUT2D eigenvalue weighted by atomic mass is 10.0. The Hall–Kier alpha value is -2.49. The Labute approximate surface area is 108 Å². The first kappa shape index (κ1) is 11.6. The van der Waals surface area contributed by atoms with Crippen LogP contribution in [0.2, 0.25) is 0 Å². The second-order valence-electron chi connectivity index (χ2n) is 4.41. The fourth-order valence-electron chi connectivity index (χ4n) is 2.42. The first-order valence-electron chi connectivity index (χ1n) is 5.85. The molecule has 4 heteroatoms. The monoisotopic (exact) mass is 256 g/mol. The number of aromatic hydroxyl groups is 1. The fourth-order valence-corrected chi connectivity index (χ4v) is 2.42. The van der Waals surface area contributed by atoms with E-state index in [4.69, 9.17) is 9.15 Å². The Bertz CT molecular complexity index is 846. The summed E-state index contributed by atoms with van der Waals surface area (Å²) in [7, 11) is 1.56. The molecular weight excluding hydrogens is 244 g/mol. The summed E-state index contributed by atoms with van der Waals surface area (Å²) in [6, 6.07) is 8.33. The zero-order valence-electron chi connectivity index (χ0n) is 10.6. The van der Waals surface area contributed by atoms with Gasteiger partial charge in [0.1, 0.15) is 17.1 Å². The Morgan fingerprint density at radius 3 is 2.74 bits per heavy atom. The van der Waals surface area contributed by atoms with E-state index in [0.717, 1.165) is 10.9 Å². The third-order valence-electron chi connectivity index (χ3n) is 3.20. The maximum absolute atomic E-state index is 12.0. The van der Waals surface area contributed by atoms with E-state index in [1.165, 1.54) is 6.07 Å². The van der Waals surface area contributed by atoms with Crippen LogP contribution in [0.3, 0.4) is 0 Å². The second-order valence-corrected chi connectivity index (χ2v) is 4.41. The molecule has 3 rings (SSSR count). The molecule has 3 aromatic rings. The molecule has 0 amide bonds. The molecule has 0 aliphatic rings. The minimum atomic E-state index is -0.439. The highest BCUT2D eigenvalue weighted by molar-refractivity contribution is 6.09. The number of benzene rings is 2. The van der Waals surface area contributed by atoms with Crippen molar-refractivity contribution in [2.45, 2.75) is 6.92 Å². The Kier molecular flexibility index (Phi) is 2.45. The van der Waals surface area contributed by atoms with Crippen LogP contribution in [0, 0.1) is 6.92 Å². The van der Waals surface area contributed by atoms with Crippen molar-refractivity contribution in [1.29, 1.82) is 0 Å². The van der Waals surface area contributed by atoms with Gasteiger partial charge in [0, 0.05) is 16.8 Å². The molecule has 0 spiro atoms. The van der Waals surface area contributed by atoms with Gasteiger partial charge in [-0.25, -0.2) is 4.79 Å². The minimum Gasteiger partial charge on any atom is -0.508 e. The molecule has 0 unspecified atom stereocenters. The van der Waals surface area contributed by atoms with Gasteiger partial charge in [-0.05, 0) is 30.7 Å². The molecule has 1 aromatic heterocycles. The molecule has 2 aromatic carbocycles. The maximum atomic E-state index is 12.0. The van der Waals surface area contributed by atoms with E-state index in [1.807, 2.05) is 6.92 Å². The van der Waals surface area contributed by atoms with Gasteiger partial charge >= 0.3 is 5.63 Å². The number of hydrogen-bond donors (Lipinski definition) is 1. The summed E-state index contributed by atoms with van der Waals surface area (Å²) in [6.45, 7) is 1.86. The van der Waals surface area contributed by atoms with Gasteiger partial charge in [0.25, 0.3) is 0 Å². The van der Waals surface area contributed by atoms with Gasteiger partial charge < -0.3 is 14.3 Å². The van der Waals surface area contributed by atoms with Crippen LogP contribution < -0.4 is 10.4 Å². The summed E-state index contributed by atoms with van der Waals surface area (Å²) in [5.41, 5.74) is 0.749. The molecule has 1 N–H and O–H groups in total. The first-order valence-corrected chi connectivity index (χ1v) is 5.85. The molecule has 0 fully saturated rings. The number of phenols is 1. The predicted molar refractivity (Wildman–Crippen MR) is 72.9 cm³/mol. The number of phenolic OH excluding ortho intramolecular Hbond substituents is 1. The smallest absolute Gasteiger partial charge is 0.344 e. The number of fused-ring (bicyclic) bond motifs is 3. The quantitative estimate of drug-likeness (QED) is 0.537. The zero-order valence-corrected chi connectivity index (χ0v) is 10.6. The van der Waals surface area contributed by atoms with Crippen molar-refractivity contribution < 1.29 is 14.3 Å². The largest absolute Gasteiger partial charge is 0.508 e. The molecule has 0 bridgehead atoms. The van der Waals surface area contributed by atoms with E-state index in [9.17, 15) is 9.90 Å². The van der Waals surface area contributed by atoms with Gasteiger partial charge in [-0.1, -0.05) is 6.07 Å². The summed E-state index contributed by atoms with van der Waals surface area (Å²) in [5, 5.41) is 11.6. The molecule has 96 valence electrons. The van der Waals surface area contributed by atoms with E-state index in [2.05, 4.69) is 0 Å². The molecule has 0 atom stereocenters. The van der Waals surface area contributed by atoms with E-state index in [1.54, 1.807) is 31.4 Å². The van der Waals surface area contributed by atoms with E-state index >= 15 is 0 Å². The average Bonchev–Trinajstić information content (AvgIpc) is 2.37. The van der Waals surface area contributed by atoms with Gasteiger partial charge in [0.2, 0.25) is 0 Å². The summed E-state index contributed by atoms with van der Waals surface area (Å²) in [6.07, 6.45) is 0. The maximum Gasteiger partial charge on any atom is 0.344 e. The van der Waals surface area contributed by atoms with Crippen molar-refractivity contribution in [3.8, 4) is 11.5 Å². The Morgan fingerprint density at radius 2 is 2.00 bits per heavy atom. The van der Waals surface area contributed by atoms with Crippen LogP contribution in [0.4, 0.5) is 0 Å². The van der Waals surface area contributed by atoms with Crippen LogP contribution in [0.1, 0.15) is 5.56 Å². The van der Waals surface area contributed by atoms with Gasteiger partial charge in [-0.15, -0.1) is 0 Å². The summed E-state index contributed by atoms with van der Waals surface area (Å²) < 4.78 is 10.6. The van der Waals surface area contributed by atoms with Crippen LogP contribution in [-0.2, 0) is 0 Å². The van der Waals surface area contributed by atoms with Crippen LogP contribution >= 0.6 is 0 Å². The number of hydrogen-bond acceptors (Lipinski definition) is 4. The standard InChI is InChI=1S/C15H12O4/c1-8-6-9(16)7-12-13(8)14-10(15(17)19-12)4-3-5-11(14)18-2/h3-7,16H,1-2H3. The van der Waals surface area contributed by atoms with Crippen molar-refractivity contribution in [1.82, 2.24) is 0 Å². The van der Waals surface area contributed by atoms with Crippen LogP contribution in [-0.4, -0.2) is 12.2 Å². The first-order chi connectivity index (χ1) is 9.11. The highest BCUT2D eigenvalue weighted by atomic mass is 16.5. The van der Waals surface area contributed by atoms with E-state index in [-0.39, 0.29) is 5.75 Å². The molecule has 0 aliphatic heterocycles. The third kappa shape index (κ3) is 1.64. The van der Waals surface area contributed by atoms with Crippen LogP contribution in [0.15, 0.2) is 39.5 Å². The van der Waals surface area contributed by atoms with E-state index < -0.39 is 5.63 Å². The molecular formula is C15H12O4. The molecule has 0 saturated carbocycles. The van der Waals surface area contributed by atoms with Crippen molar-refractivity contribution in [3.63, 3.8) is 0 Å². The number of rotatable bonds is 1. The number of ether oxygens (including phenoxy) is 1. The number of methoxy groups -OCH3 is 1. The predicted octanol–water partition coefficient (Wildman–Crippen LogP) is 2.97. The van der Waals surface area contributed by atoms with Crippen LogP contribution in [0.5, 0.6) is 11.5 Å². The SMILES string of the molecule is COc1cccc2c(=O)oc3cc(O)cc(C)c3c12. The van der Waals surface area contributed by atoms with Crippen molar-refractivity contribution >= 4 is 21.7 Å². The minimum absolute atomic E-state index is 0.0717. The average molecular weight is 256 g/mol. The molecule has 4 nitrogen and oxygen atoms in total. The van der Waals surface area contributed by atoms with Crippen LogP contribution in [0.25, 0.3) is 21.7 Å². The summed E-state index contributed by atoms with van der Waals surface area (Å²) >= 11 is 0. The highest BCUT2D eigenvalue weighted by Gasteiger charge is 2.14.